The van der Waals surface area contributed by atoms with Gasteiger partial charge in [-0.3, -0.25) is 4.72 Å². The SMILES string of the molecule is CC(C)(C)c1ccc(NS(=O)(=O)c2ccnc(Cl)c2)cc1. The minimum absolute atomic E-state index is 0.0238. The lowest BCUT2D eigenvalue weighted by molar-refractivity contribution is 0.590. The van der Waals surface area contributed by atoms with Gasteiger partial charge in [0.15, 0.2) is 0 Å². The Morgan fingerprint density at radius 2 is 1.71 bits per heavy atom. The summed E-state index contributed by atoms with van der Waals surface area (Å²) in [6, 6.07) is 10.0. The molecule has 21 heavy (non-hydrogen) atoms. The minimum Gasteiger partial charge on any atom is -0.280 e. The molecule has 2 aromatic rings. The van der Waals surface area contributed by atoms with E-state index in [4.69, 9.17) is 11.6 Å². The van der Waals surface area contributed by atoms with Crippen LogP contribution in [-0.4, -0.2) is 13.4 Å². The molecule has 0 amide bonds. The first-order chi connectivity index (χ1) is 9.68. The fourth-order valence-corrected chi connectivity index (χ4v) is 3.11. The molecular formula is C15H17ClN2O2S. The Labute approximate surface area is 130 Å². The number of sulfonamides is 1. The van der Waals surface area contributed by atoms with Crippen molar-refractivity contribution in [1.29, 1.82) is 0 Å². The van der Waals surface area contributed by atoms with E-state index in [-0.39, 0.29) is 15.5 Å². The van der Waals surface area contributed by atoms with Crippen molar-refractivity contribution in [3.8, 4) is 0 Å². The maximum absolute atomic E-state index is 12.2. The van der Waals surface area contributed by atoms with Gasteiger partial charge in [0.05, 0.1) is 4.90 Å². The number of aromatic nitrogens is 1. The molecule has 0 unspecified atom stereocenters. The summed E-state index contributed by atoms with van der Waals surface area (Å²) in [5.41, 5.74) is 1.67. The Kier molecular flexibility index (Phi) is 4.25. The van der Waals surface area contributed by atoms with Crippen molar-refractivity contribution >= 4 is 27.3 Å². The highest BCUT2D eigenvalue weighted by Crippen LogP contribution is 2.24. The highest BCUT2D eigenvalue weighted by atomic mass is 35.5. The minimum atomic E-state index is -3.66. The smallest absolute Gasteiger partial charge is 0.262 e. The number of nitrogens with one attached hydrogen (secondary N) is 1. The summed E-state index contributed by atoms with van der Waals surface area (Å²) in [7, 11) is -3.66. The number of nitrogens with zero attached hydrogens (tertiary/aromatic N) is 1. The van der Waals surface area contributed by atoms with E-state index >= 15 is 0 Å². The molecule has 1 aromatic heterocycles. The molecule has 0 fully saturated rings. The lowest BCUT2D eigenvalue weighted by Crippen LogP contribution is -2.14. The number of anilines is 1. The lowest BCUT2D eigenvalue weighted by Gasteiger charge is -2.19. The van der Waals surface area contributed by atoms with Crippen LogP contribution in [0.4, 0.5) is 5.69 Å². The lowest BCUT2D eigenvalue weighted by atomic mass is 9.87. The Morgan fingerprint density at radius 3 is 2.24 bits per heavy atom. The summed E-state index contributed by atoms with van der Waals surface area (Å²) >= 11 is 5.72. The number of pyridine rings is 1. The number of hydrogen-bond donors (Lipinski definition) is 1. The summed E-state index contributed by atoms with van der Waals surface area (Å²) in [6.07, 6.45) is 1.36. The van der Waals surface area contributed by atoms with Gasteiger partial charge >= 0.3 is 0 Å². The van der Waals surface area contributed by atoms with Crippen molar-refractivity contribution in [1.82, 2.24) is 4.98 Å². The summed E-state index contributed by atoms with van der Waals surface area (Å²) in [6.45, 7) is 6.31. The first-order valence-electron chi connectivity index (χ1n) is 6.43. The third-order valence-corrected chi connectivity index (χ3v) is 4.60. The summed E-state index contributed by atoms with van der Waals surface area (Å²) in [5, 5.41) is 0.140. The van der Waals surface area contributed by atoms with Gasteiger partial charge in [-0.1, -0.05) is 44.5 Å². The third kappa shape index (κ3) is 3.95. The molecule has 0 aliphatic rings. The van der Waals surface area contributed by atoms with E-state index in [9.17, 15) is 8.42 Å². The van der Waals surface area contributed by atoms with Gasteiger partial charge in [0.2, 0.25) is 0 Å². The van der Waals surface area contributed by atoms with Gasteiger partial charge in [-0.05, 0) is 35.2 Å². The molecule has 112 valence electrons. The normalized spacial score (nSPS) is 12.2. The first kappa shape index (κ1) is 15.8. The Hall–Kier alpha value is -1.59. The molecule has 2 rings (SSSR count). The summed E-state index contributed by atoms with van der Waals surface area (Å²) in [4.78, 5) is 3.86. The molecule has 0 aliphatic carbocycles. The number of halogens is 1. The molecule has 0 aliphatic heterocycles. The zero-order valence-electron chi connectivity index (χ0n) is 12.1. The maximum atomic E-state index is 12.2. The highest BCUT2D eigenvalue weighted by Gasteiger charge is 2.16. The van der Waals surface area contributed by atoms with Crippen LogP contribution < -0.4 is 4.72 Å². The van der Waals surface area contributed by atoms with Crippen molar-refractivity contribution in [2.45, 2.75) is 31.1 Å². The standard InChI is InChI=1S/C15H17ClN2O2S/c1-15(2,3)11-4-6-12(7-5-11)18-21(19,20)13-8-9-17-14(16)10-13/h4-10,18H,1-3H3. The van der Waals surface area contributed by atoms with Gasteiger partial charge in [-0.2, -0.15) is 0 Å². The molecule has 0 bridgehead atoms. The van der Waals surface area contributed by atoms with Gasteiger partial charge in [0, 0.05) is 11.9 Å². The van der Waals surface area contributed by atoms with E-state index in [2.05, 4.69) is 30.5 Å². The van der Waals surface area contributed by atoms with Crippen LogP contribution >= 0.6 is 11.6 Å². The zero-order valence-corrected chi connectivity index (χ0v) is 13.7. The largest absolute Gasteiger partial charge is 0.280 e. The van der Waals surface area contributed by atoms with Crippen molar-refractivity contribution < 1.29 is 8.42 Å². The number of benzene rings is 1. The van der Waals surface area contributed by atoms with Crippen molar-refractivity contribution in [2.24, 2.45) is 0 Å². The fraction of sp³-hybridized carbons (Fsp3) is 0.267. The summed E-state index contributed by atoms with van der Waals surface area (Å²) in [5.74, 6) is 0. The Bertz CT molecular complexity index is 735. The predicted octanol–water partition coefficient (Wildman–Crippen LogP) is 3.83. The van der Waals surface area contributed by atoms with Gasteiger partial charge in [0.1, 0.15) is 5.15 Å². The average molecular weight is 325 g/mol. The monoisotopic (exact) mass is 324 g/mol. The van der Waals surface area contributed by atoms with Crippen LogP contribution in [0.3, 0.4) is 0 Å². The Morgan fingerprint density at radius 1 is 1.10 bits per heavy atom. The molecular weight excluding hydrogens is 308 g/mol. The van der Waals surface area contributed by atoms with Crippen LogP contribution in [0.25, 0.3) is 0 Å². The quantitative estimate of drug-likeness (QED) is 0.873. The van der Waals surface area contributed by atoms with Crippen LogP contribution in [-0.2, 0) is 15.4 Å². The first-order valence-corrected chi connectivity index (χ1v) is 8.29. The van der Waals surface area contributed by atoms with E-state index in [1.807, 2.05) is 12.1 Å². The predicted molar refractivity (Wildman–Crippen MR) is 85.2 cm³/mol. The zero-order chi connectivity index (χ0) is 15.7. The molecule has 0 saturated carbocycles. The van der Waals surface area contributed by atoms with Crippen LogP contribution in [0, 0.1) is 0 Å². The van der Waals surface area contributed by atoms with E-state index < -0.39 is 10.0 Å². The van der Waals surface area contributed by atoms with Crippen molar-refractivity contribution in [3.63, 3.8) is 0 Å². The Balaban J connectivity index is 2.25. The van der Waals surface area contributed by atoms with Crippen molar-refractivity contribution in [2.75, 3.05) is 4.72 Å². The van der Waals surface area contributed by atoms with Crippen LogP contribution in [0.1, 0.15) is 26.3 Å². The molecule has 0 saturated heterocycles. The van der Waals surface area contributed by atoms with E-state index in [1.165, 1.54) is 18.3 Å². The second-order valence-corrected chi connectivity index (χ2v) is 7.82. The van der Waals surface area contributed by atoms with Crippen molar-refractivity contribution in [3.05, 3.63) is 53.3 Å². The fourth-order valence-electron chi connectivity index (χ4n) is 1.80. The molecule has 0 radical (unpaired) electrons. The molecule has 1 heterocycles. The molecule has 0 atom stereocenters. The number of hydrogen-bond acceptors (Lipinski definition) is 3. The topological polar surface area (TPSA) is 59.1 Å². The molecule has 0 spiro atoms. The molecule has 4 nitrogen and oxygen atoms in total. The van der Waals surface area contributed by atoms with Gasteiger partial charge < -0.3 is 0 Å². The van der Waals surface area contributed by atoms with Gasteiger partial charge in [-0.25, -0.2) is 13.4 Å². The highest BCUT2D eigenvalue weighted by molar-refractivity contribution is 7.92. The van der Waals surface area contributed by atoms with Crippen LogP contribution in [0.2, 0.25) is 5.15 Å². The molecule has 1 N–H and O–H groups in total. The van der Waals surface area contributed by atoms with Crippen LogP contribution in [0.15, 0.2) is 47.5 Å². The van der Waals surface area contributed by atoms with Gasteiger partial charge in [0.25, 0.3) is 10.0 Å². The van der Waals surface area contributed by atoms with E-state index in [0.29, 0.717) is 5.69 Å². The second kappa shape index (κ2) is 5.66. The third-order valence-electron chi connectivity index (χ3n) is 3.01. The van der Waals surface area contributed by atoms with Gasteiger partial charge in [-0.15, -0.1) is 0 Å². The summed E-state index contributed by atoms with van der Waals surface area (Å²) < 4.78 is 27.0. The van der Waals surface area contributed by atoms with E-state index in [1.54, 1.807) is 12.1 Å². The molecule has 6 heteroatoms. The average Bonchev–Trinajstić information content (AvgIpc) is 2.38. The number of rotatable bonds is 3. The maximum Gasteiger partial charge on any atom is 0.262 e. The molecule has 1 aromatic carbocycles. The second-order valence-electron chi connectivity index (χ2n) is 5.75. The van der Waals surface area contributed by atoms with E-state index in [0.717, 1.165) is 5.56 Å². The van der Waals surface area contributed by atoms with Crippen LogP contribution in [0.5, 0.6) is 0 Å².